The standard InChI is InChI=1S/C53H56N5S/c1-5-38-36-56(35-37(3)4)47(6-2)51-48(38)49(39-27-31-45(32-28-39)57(41-19-11-7-12-20-41)42-21-13-8-14-22-42)52-53(55-59-54-52)50(51)40-29-33-46(34-30-40)58(43-23-15-9-16-24-43)44-25-17-10-18-26-44/h7-21,23-27,29,31,33,37,42,55H,5-6,22,28,30,32,34-36H2,1-4H3/q-1. The molecule has 3 aliphatic carbocycles. The van der Waals surface area contributed by atoms with Gasteiger partial charge in [-0.2, -0.15) is 12.1 Å². The Bertz CT molecular complexity index is 2470. The molecule has 0 amide bonds. The lowest BCUT2D eigenvalue weighted by Gasteiger charge is -2.37. The lowest BCUT2D eigenvalue weighted by molar-refractivity contribution is 0.365. The number of benzene rings is 4. The van der Waals surface area contributed by atoms with Gasteiger partial charge in [-0.1, -0.05) is 124 Å². The fraction of sp³-hybridized carbons (Fsp3) is 0.283. The van der Waals surface area contributed by atoms with E-state index in [0.717, 1.165) is 63.7 Å². The van der Waals surface area contributed by atoms with Gasteiger partial charge in [0, 0.05) is 63.7 Å². The molecule has 4 aromatic rings. The first-order valence-electron chi connectivity index (χ1n) is 21.7. The topological polar surface area (TPSA) is 35.9 Å². The molecule has 0 saturated heterocycles. The normalized spacial score (nSPS) is 18.3. The van der Waals surface area contributed by atoms with Crippen molar-refractivity contribution in [2.45, 2.75) is 78.7 Å². The Kier molecular flexibility index (Phi) is 11.4. The summed E-state index contributed by atoms with van der Waals surface area (Å²) in [5.74, 6) is 0.560. The quantitative estimate of drug-likeness (QED) is 0.145. The monoisotopic (exact) mass is 794 g/mol. The zero-order chi connectivity index (χ0) is 40.3. The molecule has 0 bridgehead atoms. The highest BCUT2D eigenvalue weighted by molar-refractivity contribution is 8.03. The van der Waals surface area contributed by atoms with Crippen LogP contribution in [-0.4, -0.2) is 24.0 Å². The number of fused-ring (bicyclic) bond motifs is 2. The second-order valence-electron chi connectivity index (χ2n) is 16.6. The molecular weight excluding hydrogens is 739 g/mol. The summed E-state index contributed by atoms with van der Waals surface area (Å²) >= 11 is 1.50. The molecule has 300 valence electrons. The Morgan fingerprint density at radius 3 is 1.90 bits per heavy atom. The Hall–Kier alpha value is -5.59. The van der Waals surface area contributed by atoms with Crippen LogP contribution in [0.4, 0.5) is 28.4 Å². The van der Waals surface area contributed by atoms with E-state index in [1.54, 1.807) is 0 Å². The number of nitrogens with zero attached hydrogens (tertiary/aromatic N) is 4. The summed E-state index contributed by atoms with van der Waals surface area (Å²) in [7, 11) is 0. The molecule has 0 aromatic heterocycles. The average Bonchev–Trinajstić information content (AvgIpc) is 3.77. The number of nitrogens with one attached hydrogen (secondary N) is 1. The van der Waals surface area contributed by atoms with Crippen molar-refractivity contribution >= 4 is 63.0 Å². The molecule has 4 aromatic carbocycles. The molecule has 0 fully saturated rings. The maximum absolute atomic E-state index is 5.25. The van der Waals surface area contributed by atoms with Crippen molar-refractivity contribution in [2.24, 2.45) is 5.92 Å². The van der Waals surface area contributed by atoms with Crippen LogP contribution in [0.5, 0.6) is 0 Å². The summed E-state index contributed by atoms with van der Waals surface area (Å²) < 4.78 is 9.03. The molecule has 2 heterocycles. The Morgan fingerprint density at radius 2 is 1.34 bits per heavy atom. The second kappa shape index (κ2) is 17.3. The third kappa shape index (κ3) is 7.60. The number of allylic oxidation sites excluding steroid dienone is 10. The van der Waals surface area contributed by atoms with Gasteiger partial charge < -0.3 is 24.1 Å². The molecule has 1 atom stereocenters. The van der Waals surface area contributed by atoms with E-state index in [9.17, 15) is 0 Å². The van der Waals surface area contributed by atoms with E-state index in [1.165, 1.54) is 90.3 Å². The molecular formula is C53H56N5S-. The number of hydrogen-bond acceptors (Lipinski definition) is 5. The third-order valence-corrected chi connectivity index (χ3v) is 12.9. The van der Waals surface area contributed by atoms with E-state index in [4.69, 9.17) is 4.72 Å². The minimum Gasteiger partial charge on any atom is -0.611 e. The number of anilines is 4. The van der Waals surface area contributed by atoms with Gasteiger partial charge in [0.05, 0.1) is 6.04 Å². The van der Waals surface area contributed by atoms with Gasteiger partial charge in [0.15, 0.2) is 0 Å². The van der Waals surface area contributed by atoms with Crippen LogP contribution in [0.15, 0.2) is 151 Å². The molecule has 0 radical (unpaired) electrons. The highest BCUT2D eigenvalue weighted by Gasteiger charge is 2.30. The lowest BCUT2D eigenvalue weighted by Crippen LogP contribution is -2.47. The van der Waals surface area contributed by atoms with Gasteiger partial charge in [-0.05, 0) is 127 Å². The fourth-order valence-corrected chi connectivity index (χ4v) is 10.4. The summed E-state index contributed by atoms with van der Waals surface area (Å²) in [4.78, 5) is 7.69. The van der Waals surface area contributed by atoms with Crippen LogP contribution in [0.1, 0.15) is 83.8 Å². The van der Waals surface area contributed by atoms with Crippen molar-refractivity contribution in [2.75, 3.05) is 27.6 Å². The van der Waals surface area contributed by atoms with E-state index >= 15 is 0 Å². The van der Waals surface area contributed by atoms with Crippen molar-refractivity contribution < 1.29 is 0 Å². The van der Waals surface area contributed by atoms with Crippen molar-refractivity contribution in [3.05, 3.63) is 177 Å². The first-order valence-corrected chi connectivity index (χ1v) is 22.5. The number of hydrogen-bond donors (Lipinski definition) is 1. The molecule has 9 rings (SSSR count). The van der Waals surface area contributed by atoms with Gasteiger partial charge in [-0.3, -0.25) is 0 Å². The van der Waals surface area contributed by atoms with Crippen molar-refractivity contribution in [1.82, 2.24) is 4.90 Å². The zero-order valence-electron chi connectivity index (χ0n) is 35.0. The predicted molar refractivity (Wildman–Crippen MR) is 255 cm³/mol. The van der Waals surface area contributed by atoms with Crippen LogP contribution in [-0.2, 0) is 0 Å². The maximum atomic E-state index is 5.25. The molecule has 1 unspecified atom stereocenters. The largest absolute Gasteiger partial charge is 0.611 e. The number of para-hydroxylation sites is 3. The highest BCUT2D eigenvalue weighted by atomic mass is 32.2. The molecule has 2 aliphatic heterocycles. The Morgan fingerprint density at radius 1 is 0.712 bits per heavy atom. The van der Waals surface area contributed by atoms with Gasteiger partial charge in [-0.15, -0.1) is 0 Å². The molecule has 59 heavy (non-hydrogen) atoms. The Balaban J connectivity index is 1.22. The van der Waals surface area contributed by atoms with E-state index in [2.05, 4.69) is 187 Å². The van der Waals surface area contributed by atoms with Crippen molar-refractivity contribution in [1.29, 1.82) is 0 Å². The smallest absolute Gasteiger partial charge is 0.0556 e. The first kappa shape index (κ1) is 38.9. The number of rotatable bonds is 12. The van der Waals surface area contributed by atoms with E-state index in [1.807, 2.05) is 0 Å². The van der Waals surface area contributed by atoms with Crippen LogP contribution in [0, 0.1) is 5.92 Å². The van der Waals surface area contributed by atoms with Gasteiger partial charge >= 0.3 is 0 Å². The van der Waals surface area contributed by atoms with Crippen LogP contribution >= 0.6 is 12.1 Å². The SMILES string of the molecule is CCC1=c2c(C3=CC=C(N(c4ccccc4)C4C=CC=CC4)CC3)c3c(c(C4=CC=C(N(c5ccccc5)c5ccccc5)CC4)c2=C(CC)N(CC(C)C)C1)NS[N-]3. The van der Waals surface area contributed by atoms with Crippen LogP contribution in [0.25, 0.3) is 27.1 Å². The van der Waals surface area contributed by atoms with Gasteiger partial charge in [-0.25, -0.2) is 0 Å². The Labute approximate surface area is 355 Å². The summed E-state index contributed by atoms with van der Waals surface area (Å²) in [5.41, 5.74) is 17.1. The molecule has 6 heteroatoms. The zero-order valence-corrected chi connectivity index (χ0v) is 35.8. The van der Waals surface area contributed by atoms with Gasteiger partial charge in [0.1, 0.15) is 0 Å². The molecule has 5 aliphatic rings. The average molecular weight is 795 g/mol. The van der Waals surface area contributed by atoms with E-state index < -0.39 is 0 Å². The third-order valence-electron chi connectivity index (χ3n) is 12.4. The molecule has 0 saturated carbocycles. The van der Waals surface area contributed by atoms with Crippen LogP contribution in [0.2, 0.25) is 0 Å². The van der Waals surface area contributed by atoms with Crippen molar-refractivity contribution in [3.8, 4) is 0 Å². The molecule has 1 N–H and O–H groups in total. The van der Waals surface area contributed by atoms with Crippen molar-refractivity contribution in [3.63, 3.8) is 0 Å². The van der Waals surface area contributed by atoms with Crippen LogP contribution in [0.3, 0.4) is 0 Å². The predicted octanol–water partition coefficient (Wildman–Crippen LogP) is 13.1. The van der Waals surface area contributed by atoms with E-state index in [0.29, 0.717) is 12.0 Å². The maximum Gasteiger partial charge on any atom is 0.0556 e. The fourth-order valence-electron chi connectivity index (χ4n) is 9.79. The first-order chi connectivity index (χ1) is 29.0. The second-order valence-corrected chi connectivity index (χ2v) is 17.1. The summed E-state index contributed by atoms with van der Waals surface area (Å²) in [5, 5.41) is 2.88. The van der Waals surface area contributed by atoms with Gasteiger partial charge in [0.25, 0.3) is 0 Å². The molecule has 0 spiro atoms. The summed E-state index contributed by atoms with van der Waals surface area (Å²) in [6.07, 6.45) is 25.5. The minimum atomic E-state index is 0.301. The molecule has 5 nitrogen and oxygen atoms in total. The van der Waals surface area contributed by atoms with Crippen LogP contribution < -0.4 is 25.0 Å². The summed E-state index contributed by atoms with van der Waals surface area (Å²) in [6.45, 7) is 11.5. The van der Waals surface area contributed by atoms with E-state index in [-0.39, 0.29) is 0 Å². The summed E-state index contributed by atoms with van der Waals surface area (Å²) in [6, 6.07) is 32.8. The van der Waals surface area contributed by atoms with Gasteiger partial charge in [0.2, 0.25) is 0 Å². The highest BCUT2D eigenvalue weighted by Crippen LogP contribution is 2.51. The minimum absolute atomic E-state index is 0.301. The lowest BCUT2D eigenvalue weighted by atomic mass is 9.82.